The Morgan fingerprint density at radius 1 is 0.897 bits per heavy atom. The second-order valence-corrected chi connectivity index (χ2v) is 24.8. The van der Waals surface area contributed by atoms with Gasteiger partial charge in [0, 0.05) is 12.5 Å². The largest absolute Gasteiger partial charge is 0.469 e. The SMILES string of the molecule is CC[Si](C)(C)O[C@H]1CC[C@@]2(C)[C@H](CC[C@@H]3[C@@H]2C[C@@H](O[Si](C)(C)CC)[C@]2(C)[C@@H]([C@H](C)CCC(=O)OC)CC[C@@H]32)C1. The van der Waals surface area contributed by atoms with Gasteiger partial charge in [0.25, 0.3) is 0 Å². The summed E-state index contributed by atoms with van der Waals surface area (Å²) in [5, 5.41) is 0. The van der Waals surface area contributed by atoms with Crippen LogP contribution < -0.4 is 0 Å². The normalized spacial score (nSPS) is 41.3. The summed E-state index contributed by atoms with van der Waals surface area (Å²) in [6.45, 7) is 22.1. The van der Waals surface area contributed by atoms with Crippen molar-refractivity contribution in [1.82, 2.24) is 0 Å². The van der Waals surface area contributed by atoms with Crippen molar-refractivity contribution in [1.29, 1.82) is 0 Å². The van der Waals surface area contributed by atoms with Crippen molar-refractivity contribution < 1.29 is 18.4 Å². The highest BCUT2D eigenvalue weighted by atomic mass is 28.4. The lowest BCUT2D eigenvalue weighted by Gasteiger charge is -2.64. The van der Waals surface area contributed by atoms with Gasteiger partial charge in [0.1, 0.15) is 0 Å². The maximum Gasteiger partial charge on any atom is 0.305 e. The van der Waals surface area contributed by atoms with E-state index in [1.54, 1.807) is 0 Å². The molecule has 10 atom stereocenters. The highest BCUT2D eigenvalue weighted by Gasteiger charge is 2.64. The number of ether oxygens (including phenoxy) is 1. The van der Waals surface area contributed by atoms with Gasteiger partial charge in [-0.3, -0.25) is 4.79 Å². The van der Waals surface area contributed by atoms with Crippen molar-refractivity contribution in [3.05, 3.63) is 0 Å². The summed E-state index contributed by atoms with van der Waals surface area (Å²) in [6.07, 6.45) is 12.9. The molecular weight excluding hydrogens is 517 g/mol. The third kappa shape index (κ3) is 6.15. The predicted molar refractivity (Wildman–Crippen MR) is 167 cm³/mol. The first-order valence-electron chi connectivity index (χ1n) is 16.6. The molecule has 0 spiro atoms. The van der Waals surface area contributed by atoms with Crippen molar-refractivity contribution in [3.63, 3.8) is 0 Å². The lowest BCUT2D eigenvalue weighted by Crippen LogP contribution is -2.61. The molecule has 4 saturated carbocycles. The standard InChI is InChI=1S/C33H62O4Si2/c1-11-38(7,8)36-25-19-20-32(4)24(21-25)14-15-26-28-17-16-27(23(3)13-18-31(34)35-6)33(28,5)30(22-29(26)32)37-39(9,10)12-2/h23-30H,11-22H2,1-10H3/t23-,24-,25+,26+,27-,28+,29+,30-,32+,33-/m1/s1. The van der Waals surface area contributed by atoms with Crippen LogP contribution in [0, 0.1) is 46.3 Å². The minimum absolute atomic E-state index is 0.0617. The average Bonchev–Trinajstić information content (AvgIpc) is 3.26. The fraction of sp³-hybridized carbons (Fsp3) is 0.970. The molecule has 0 aromatic rings. The Morgan fingerprint density at radius 2 is 1.56 bits per heavy atom. The molecular formula is C33H62O4Si2. The molecule has 0 unspecified atom stereocenters. The molecule has 0 bridgehead atoms. The van der Waals surface area contributed by atoms with E-state index in [4.69, 9.17) is 13.6 Å². The summed E-state index contributed by atoms with van der Waals surface area (Å²) < 4.78 is 19.2. The van der Waals surface area contributed by atoms with Crippen LogP contribution >= 0.6 is 0 Å². The Balaban J connectivity index is 1.59. The van der Waals surface area contributed by atoms with Gasteiger partial charge in [-0.15, -0.1) is 0 Å². The lowest BCUT2D eigenvalue weighted by molar-refractivity contribution is -0.169. The maximum atomic E-state index is 12.0. The lowest BCUT2D eigenvalue weighted by atomic mass is 9.43. The predicted octanol–water partition coefficient (Wildman–Crippen LogP) is 9.06. The Bertz CT molecular complexity index is 861. The van der Waals surface area contributed by atoms with E-state index in [2.05, 4.69) is 60.8 Å². The van der Waals surface area contributed by atoms with Crippen LogP contribution in [-0.2, 0) is 18.4 Å². The summed E-state index contributed by atoms with van der Waals surface area (Å²) >= 11 is 0. The molecule has 4 fully saturated rings. The minimum Gasteiger partial charge on any atom is -0.469 e. The van der Waals surface area contributed by atoms with Gasteiger partial charge in [-0.1, -0.05) is 34.6 Å². The fourth-order valence-electron chi connectivity index (χ4n) is 10.1. The fourth-order valence-corrected chi connectivity index (χ4v) is 12.6. The van der Waals surface area contributed by atoms with Crippen LogP contribution in [0.5, 0.6) is 0 Å². The number of carbonyl (C=O) groups excluding carboxylic acids is 1. The zero-order valence-corrected chi connectivity index (χ0v) is 29.2. The quantitative estimate of drug-likeness (QED) is 0.192. The van der Waals surface area contributed by atoms with E-state index in [9.17, 15) is 4.79 Å². The summed E-state index contributed by atoms with van der Waals surface area (Å²) in [5.74, 6) is 4.27. The third-order valence-electron chi connectivity index (χ3n) is 13.1. The van der Waals surface area contributed by atoms with Gasteiger partial charge in [0.15, 0.2) is 16.6 Å². The average molecular weight is 579 g/mol. The van der Waals surface area contributed by atoms with Gasteiger partial charge in [-0.25, -0.2) is 0 Å². The van der Waals surface area contributed by atoms with Gasteiger partial charge in [0.05, 0.1) is 13.2 Å². The Hall–Kier alpha value is -0.176. The maximum absolute atomic E-state index is 12.0. The van der Waals surface area contributed by atoms with Crippen LogP contribution in [0.3, 0.4) is 0 Å². The van der Waals surface area contributed by atoms with Crippen molar-refractivity contribution in [2.45, 2.75) is 149 Å². The number of hydrogen-bond acceptors (Lipinski definition) is 4. The molecule has 0 saturated heterocycles. The Morgan fingerprint density at radius 3 is 2.21 bits per heavy atom. The van der Waals surface area contributed by atoms with Gasteiger partial charge in [-0.2, -0.15) is 0 Å². The van der Waals surface area contributed by atoms with E-state index in [1.165, 1.54) is 70.6 Å². The molecule has 226 valence electrons. The molecule has 6 heteroatoms. The highest BCUT2D eigenvalue weighted by molar-refractivity contribution is 6.71. The number of carbonyl (C=O) groups is 1. The molecule has 0 aromatic heterocycles. The van der Waals surface area contributed by atoms with Gasteiger partial charge in [-0.05, 0) is 142 Å². The van der Waals surface area contributed by atoms with E-state index < -0.39 is 16.6 Å². The molecule has 0 radical (unpaired) electrons. The molecule has 39 heavy (non-hydrogen) atoms. The molecule has 0 heterocycles. The topological polar surface area (TPSA) is 44.8 Å². The van der Waals surface area contributed by atoms with E-state index in [1.807, 2.05) is 0 Å². The zero-order chi connectivity index (χ0) is 28.8. The first-order valence-corrected chi connectivity index (χ1v) is 22.9. The smallest absolute Gasteiger partial charge is 0.305 e. The monoisotopic (exact) mass is 578 g/mol. The Labute approximate surface area is 243 Å². The second-order valence-electron chi connectivity index (χ2n) is 15.9. The molecule has 4 aliphatic carbocycles. The summed E-state index contributed by atoms with van der Waals surface area (Å²) in [5.41, 5.74) is 0.645. The first kappa shape index (κ1) is 31.8. The van der Waals surface area contributed by atoms with Crippen LogP contribution in [0.25, 0.3) is 0 Å². The zero-order valence-electron chi connectivity index (χ0n) is 27.2. The molecule has 4 nitrogen and oxygen atoms in total. The molecule has 4 rings (SSSR count). The second kappa shape index (κ2) is 11.8. The van der Waals surface area contributed by atoms with Crippen molar-refractivity contribution in [2.24, 2.45) is 46.3 Å². The molecule has 0 N–H and O–H groups in total. The van der Waals surface area contributed by atoms with E-state index in [0.29, 0.717) is 35.9 Å². The number of fused-ring (bicyclic) bond motifs is 5. The molecule has 4 aliphatic rings. The summed E-state index contributed by atoms with van der Waals surface area (Å²) in [4.78, 5) is 12.0. The summed E-state index contributed by atoms with van der Waals surface area (Å²) in [6, 6.07) is 2.39. The van der Waals surface area contributed by atoms with Crippen LogP contribution in [0.15, 0.2) is 0 Å². The van der Waals surface area contributed by atoms with Crippen molar-refractivity contribution in [2.75, 3.05) is 7.11 Å². The van der Waals surface area contributed by atoms with Crippen LogP contribution in [0.4, 0.5) is 0 Å². The van der Waals surface area contributed by atoms with Crippen molar-refractivity contribution >= 4 is 22.6 Å². The van der Waals surface area contributed by atoms with Crippen LogP contribution in [0.1, 0.15) is 98.8 Å². The van der Waals surface area contributed by atoms with E-state index in [0.717, 1.165) is 30.1 Å². The van der Waals surface area contributed by atoms with Gasteiger partial charge >= 0.3 is 5.97 Å². The first-order chi connectivity index (χ1) is 18.2. The van der Waals surface area contributed by atoms with Crippen molar-refractivity contribution in [3.8, 4) is 0 Å². The Kier molecular flexibility index (Phi) is 9.64. The van der Waals surface area contributed by atoms with Crippen LogP contribution in [0.2, 0.25) is 38.3 Å². The molecule has 0 amide bonds. The number of methoxy groups -OCH3 is 1. The number of hydrogen-bond donors (Lipinski definition) is 0. The minimum atomic E-state index is -1.73. The summed E-state index contributed by atoms with van der Waals surface area (Å²) in [7, 11) is -1.74. The van der Waals surface area contributed by atoms with E-state index in [-0.39, 0.29) is 11.4 Å². The highest BCUT2D eigenvalue weighted by Crippen LogP contribution is 2.69. The number of rotatable bonds is 10. The van der Waals surface area contributed by atoms with Crippen LogP contribution in [-0.4, -0.2) is 41.9 Å². The third-order valence-corrected chi connectivity index (χ3v) is 18.4. The van der Waals surface area contributed by atoms with E-state index >= 15 is 0 Å². The number of esters is 1. The molecule has 0 aliphatic heterocycles. The van der Waals surface area contributed by atoms with Gasteiger partial charge < -0.3 is 13.6 Å². The molecule has 0 aromatic carbocycles. The van der Waals surface area contributed by atoms with Gasteiger partial charge in [0.2, 0.25) is 0 Å².